The van der Waals surface area contributed by atoms with E-state index >= 15 is 0 Å². The van der Waals surface area contributed by atoms with Gasteiger partial charge >= 0.3 is 0 Å². The normalized spacial score (nSPS) is 11.1. The Kier molecular flexibility index (Phi) is 4.64. The lowest BCUT2D eigenvalue weighted by Gasteiger charge is -2.20. The molecule has 0 radical (unpaired) electrons. The third kappa shape index (κ3) is 2.91. The van der Waals surface area contributed by atoms with Gasteiger partial charge in [0, 0.05) is 25.1 Å². The van der Waals surface area contributed by atoms with Gasteiger partial charge in [-0.1, -0.05) is 19.0 Å². The number of carbonyl (C=O) groups excluding carboxylic acids is 1. The Morgan fingerprint density at radius 1 is 1.25 bits per heavy atom. The molecule has 0 aliphatic rings. The van der Waals surface area contributed by atoms with Crippen molar-refractivity contribution >= 4 is 16.9 Å². The van der Waals surface area contributed by atoms with Crippen LogP contribution in [-0.2, 0) is 6.42 Å². The smallest absolute Gasteiger partial charge is 0.253 e. The van der Waals surface area contributed by atoms with Gasteiger partial charge in [0.15, 0.2) is 11.5 Å². The zero-order valence-corrected chi connectivity index (χ0v) is 14.2. The average molecular weight is 327 g/mol. The van der Waals surface area contributed by atoms with Crippen molar-refractivity contribution in [2.45, 2.75) is 33.6 Å². The van der Waals surface area contributed by atoms with Gasteiger partial charge in [0.05, 0.1) is 5.39 Å². The highest BCUT2D eigenvalue weighted by Crippen LogP contribution is 2.28. The molecule has 0 bridgehead atoms. The van der Waals surface area contributed by atoms with Crippen molar-refractivity contribution in [3.63, 3.8) is 0 Å². The van der Waals surface area contributed by atoms with Crippen LogP contribution in [-0.4, -0.2) is 34.0 Å². The highest BCUT2D eigenvalue weighted by atomic mass is 16.5. The molecule has 3 aromatic rings. The summed E-state index contributed by atoms with van der Waals surface area (Å²) < 4.78 is 10.7. The van der Waals surface area contributed by atoms with E-state index in [1.807, 2.05) is 24.8 Å². The predicted octanol–water partition coefficient (Wildman–Crippen LogP) is 3.92. The maximum atomic E-state index is 12.7. The first kappa shape index (κ1) is 16.2. The number of nitrogens with zero attached hydrogens (tertiary/aromatic N) is 3. The van der Waals surface area contributed by atoms with E-state index in [1.54, 1.807) is 18.4 Å². The number of amides is 1. The molecule has 0 saturated heterocycles. The second-order valence-electron chi connectivity index (χ2n) is 5.61. The summed E-state index contributed by atoms with van der Waals surface area (Å²) in [6.45, 7) is 7.45. The Balaban J connectivity index is 2.01. The molecule has 0 fully saturated rings. The molecule has 0 unspecified atom stereocenters. The summed E-state index contributed by atoms with van der Waals surface area (Å²) in [4.78, 5) is 18.9. The molecule has 2 aromatic heterocycles. The molecular weight excluding hydrogens is 306 g/mol. The molecule has 0 N–H and O–H groups in total. The summed E-state index contributed by atoms with van der Waals surface area (Å²) in [6.07, 6.45) is 3.21. The zero-order chi connectivity index (χ0) is 17.1. The maximum Gasteiger partial charge on any atom is 0.253 e. The molecule has 0 atom stereocenters. The van der Waals surface area contributed by atoms with Crippen LogP contribution in [0.25, 0.3) is 22.4 Å². The Morgan fingerprint density at radius 3 is 2.75 bits per heavy atom. The third-order valence-electron chi connectivity index (χ3n) is 3.98. The molecule has 6 nitrogen and oxygen atoms in total. The standard InChI is InChI=1S/C18H21N3O3/c1-4-9-21(6-3)18(22)12-7-8-15-13(10-12)17(20-24-15)14-11-23-16(5-2)19-14/h7-8,10-11H,4-6,9H2,1-3H3. The van der Waals surface area contributed by atoms with Crippen LogP contribution in [0.3, 0.4) is 0 Å². The van der Waals surface area contributed by atoms with Gasteiger partial charge in [-0.3, -0.25) is 4.79 Å². The van der Waals surface area contributed by atoms with E-state index in [2.05, 4.69) is 17.1 Å². The number of aryl methyl sites for hydroxylation is 1. The number of oxazole rings is 1. The molecule has 0 aliphatic heterocycles. The fourth-order valence-electron chi connectivity index (χ4n) is 2.69. The van der Waals surface area contributed by atoms with Crippen molar-refractivity contribution in [2.75, 3.05) is 13.1 Å². The van der Waals surface area contributed by atoms with E-state index in [0.29, 0.717) is 41.4 Å². The van der Waals surface area contributed by atoms with Gasteiger partial charge in [-0.15, -0.1) is 0 Å². The van der Waals surface area contributed by atoms with Gasteiger partial charge in [0.25, 0.3) is 5.91 Å². The van der Waals surface area contributed by atoms with E-state index in [-0.39, 0.29) is 5.91 Å². The van der Waals surface area contributed by atoms with Crippen molar-refractivity contribution in [1.82, 2.24) is 15.0 Å². The quantitative estimate of drug-likeness (QED) is 0.686. The molecule has 3 rings (SSSR count). The van der Waals surface area contributed by atoms with Crippen LogP contribution in [0, 0.1) is 0 Å². The molecule has 126 valence electrons. The van der Waals surface area contributed by atoms with Crippen LogP contribution in [0.4, 0.5) is 0 Å². The molecule has 6 heteroatoms. The van der Waals surface area contributed by atoms with Crippen LogP contribution in [0.15, 0.2) is 33.4 Å². The highest BCUT2D eigenvalue weighted by molar-refractivity contribution is 6.00. The first-order chi connectivity index (χ1) is 11.7. The van der Waals surface area contributed by atoms with Gasteiger partial charge in [-0.25, -0.2) is 4.98 Å². The number of rotatable bonds is 6. The third-order valence-corrected chi connectivity index (χ3v) is 3.98. The van der Waals surface area contributed by atoms with E-state index in [4.69, 9.17) is 8.94 Å². The summed E-state index contributed by atoms with van der Waals surface area (Å²) in [5, 5.41) is 4.86. The Labute approximate surface area is 140 Å². The molecule has 1 amide bonds. The van der Waals surface area contributed by atoms with Crippen LogP contribution in [0.5, 0.6) is 0 Å². The Bertz CT molecular complexity index is 850. The first-order valence-corrected chi connectivity index (χ1v) is 8.31. The minimum Gasteiger partial charge on any atom is -0.448 e. The molecule has 0 spiro atoms. The van der Waals surface area contributed by atoms with Crippen molar-refractivity contribution < 1.29 is 13.7 Å². The summed E-state index contributed by atoms with van der Waals surface area (Å²) >= 11 is 0. The number of fused-ring (bicyclic) bond motifs is 1. The maximum absolute atomic E-state index is 12.7. The topological polar surface area (TPSA) is 72.4 Å². The lowest BCUT2D eigenvalue weighted by Crippen LogP contribution is -2.31. The summed E-state index contributed by atoms with van der Waals surface area (Å²) in [6, 6.07) is 5.38. The number of carbonyl (C=O) groups is 1. The number of benzene rings is 1. The second-order valence-corrected chi connectivity index (χ2v) is 5.61. The largest absolute Gasteiger partial charge is 0.448 e. The highest BCUT2D eigenvalue weighted by Gasteiger charge is 2.18. The summed E-state index contributed by atoms with van der Waals surface area (Å²) in [5.41, 5.74) is 2.47. The van der Waals surface area contributed by atoms with E-state index in [9.17, 15) is 4.79 Å². The van der Waals surface area contributed by atoms with E-state index in [0.717, 1.165) is 18.4 Å². The SMILES string of the molecule is CCCN(CC)C(=O)c1ccc2onc(-c3coc(CC)n3)c2c1. The fourth-order valence-corrected chi connectivity index (χ4v) is 2.69. The number of aromatic nitrogens is 2. The van der Waals surface area contributed by atoms with Gasteiger partial charge in [-0.05, 0) is 31.5 Å². The molecule has 1 aromatic carbocycles. The van der Waals surface area contributed by atoms with Gasteiger partial charge in [-0.2, -0.15) is 0 Å². The predicted molar refractivity (Wildman–Crippen MR) is 90.8 cm³/mol. The fraction of sp³-hybridized carbons (Fsp3) is 0.389. The Hall–Kier alpha value is -2.63. The molecule has 0 aliphatic carbocycles. The van der Waals surface area contributed by atoms with E-state index < -0.39 is 0 Å². The van der Waals surface area contributed by atoms with E-state index in [1.165, 1.54) is 0 Å². The lowest BCUT2D eigenvalue weighted by atomic mass is 10.1. The van der Waals surface area contributed by atoms with Crippen LogP contribution >= 0.6 is 0 Å². The van der Waals surface area contributed by atoms with Crippen LogP contribution in [0.2, 0.25) is 0 Å². The Morgan fingerprint density at radius 2 is 2.08 bits per heavy atom. The van der Waals surface area contributed by atoms with Crippen molar-refractivity contribution in [2.24, 2.45) is 0 Å². The van der Waals surface area contributed by atoms with Gasteiger partial charge < -0.3 is 13.8 Å². The number of hydrogen-bond acceptors (Lipinski definition) is 5. The van der Waals surface area contributed by atoms with Crippen molar-refractivity contribution in [1.29, 1.82) is 0 Å². The zero-order valence-electron chi connectivity index (χ0n) is 14.2. The molecule has 2 heterocycles. The molecule has 24 heavy (non-hydrogen) atoms. The molecule has 0 saturated carbocycles. The second kappa shape index (κ2) is 6.86. The van der Waals surface area contributed by atoms with Gasteiger partial charge in [0.1, 0.15) is 17.7 Å². The summed E-state index contributed by atoms with van der Waals surface area (Å²) in [7, 11) is 0. The monoisotopic (exact) mass is 327 g/mol. The average Bonchev–Trinajstić information content (AvgIpc) is 3.24. The van der Waals surface area contributed by atoms with Crippen molar-refractivity contribution in [3.05, 3.63) is 35.9 Å². The van der Waals surface area contributed by atoms with Gasteiger partial charge in [0.2, 0.25) is 0 Å². The number of hydrogen-bond donors (Lipinski definition) is 0. The van der Waals surface area contributed by atoms with Crippen LogP contribution in [0.1, 0.15) is 43.4 Å². The summed E-state index contributed by atoms with van der Waals surface area (Å²) in [5.74, 6) is 0.663. The van der Waals surface area contributed by atoms with Crippen LogP contribution < -0.4 is 0 Å². The minimum atomic E-state index is 0.0165. The molecular formula is C18H21N3O3. The minimum absolute atomic E-state index is 0.0165. The van der Waals surface area contributed by atoms with Crippen molar-refractivity contribution in [3.8, 4) is 11.4 Å². The lowest BCUT2D eigenvalue weighted by molar-refractivity contribution is 0.0764. The first-order valence-electron chi connectivity index (χ1n) is 8.31.